The number of carbonyl (C=O) groups is 1. The molecule has 0 fully saturated rings. The monoisotopic (exact) mass is 610 g/mol. The molecule has 8 nitrogen and oxygen atoms in total. The summed E-state index contributed by atoms with van der Waals surface area (Å²) in [6, 6.07) is 9.93. The summed E-state index contributed by atoms with van der Waals surface area (Å²) in [7, 11) is 0. The number of nitrogens with zero attached hydrogens (tertiary/aromatic N) is 2. The number of nitrogens with one attached hydrogen (secondary N) is 2. The number of aromatic nitrogens is 3. The lowest BCUT2D eigenvalue weighted by atomic mass is 10.0. The highest BCUT2D eigenvalue weighted by Crippen LogP contribution is 2.41. The summed E-state index contributed by atoms with van der Waals surface area (Å²) in [6.07, 6.45) is -3.04. The number of phenolic OH excluding ortho intramolecular Hbond substituents is 1. The zero-order chi connectivity index (χ0) is 31.9. The van der Waals surface area contributed by atoms with Gasteiger partial charge in [0.1, 0.15) is 17.2 Å². The molecule has 0 aliphatic carbocycles. The third kappa shape index (κ3) is 5.55. The van der Waals surface area contributed by atoms with Crippen molar-refractivity contribution in [3.63, 3.8) is 0 Å². The zero-order valence-electron chi connectivity index (χ0n) is 23.3. The molecule has 5 rings (SSSR count). The molecule has 226 valence electrons. The van der Waals surface area contributed by atoms with Gasteiger partial charge in [-0.15, -0.1) is 0 Å². The lowest BCUT2D eigenvalue weighted by molar-refractivity contribution is -0.138. The van der Waals surface area contributed by atoms with E-state index in [-0.39, 0.29) is 50.5 Å². The highest BCUT2D eigenvalue weighted by atomic mass is 19.4. The van der Waals surface area contributed by atoms with Gasteiger partial charge in [-0.05, 0) is 50.6 Å². The number of aromatic amines is 1. The first-order valence-electron chi connectivity index (χ1n) is 13.1. The van der Waals surface area contributed by atoms with Crippen LogP contribution in [0, 0.1) is 25.5 Å². The lowest BCUT2D eigenvalue weighted by Gasteiger charge is -2.19. The normalized spacial score (nSPS) is 12.3. The number of para-hydroxylation sites is 1. The van der Waals surface area contributed by atoms with Crippen molar-refractivity contribution in [2.24, 2.45) is 0 Å². The predicted octanol–water partition coefficient (Wildman–Crippen LogP) is 6.89. The Hall–Kier alpha value is -5.33. The van der Waals surface area contributed by atoms with Crippen molar-refractivity contribution in [1.29, 1.82) is 0 Å². The van der Waals surface area contributed by atoms with Crippen LogP contribution >= 0.6 is 0 Å². The quantitative estimate of drug-likeness (QED) is 0.180. The molecule has 44 heavy (non-hydrogen) atoms. The summed E-state index contributed by atoms with van der Waals surface area (Å²) in [5, 5.41) is 12.7. The van der Waals surface area contributed by atoms with Gasteiger partial charge in [-0.2, -0.15) is 13.2 Å². The average molecular weight is 611 g/mol. The van der Waals surface area contributed by atoms with Crippen LogP contribution in [-0.2, 0) is 6.18 Å². The highest BCUT2D eigenvalue weighted by Gasteiger charge is 2.35. The fraction of sp³-hybridized carbons (Fsp3) is 0.161. The summed E-state index contributed by atoms with van der Waals surface area (Å²) in [4.78, 5) is 37.4. The third-order valence-electron chi connectivity index (χ3n) is 7.08. The number of ether oxygens (including phenoxy) is 1. The van der Waals surface area contributed by atoms with E-state index in [1.165, 1.54) is 25.3 Å². The number of H-pyrrole nitrogens is 1. The Morgan fingerprint density at radius 1 is 1.05 bits per heavy atom. The number of phenols is 1. The largest absolute Gasteiger partial charge is 0.508 e. The molecule has 1 amide bonds. The van der Waals surface area contributed by atoms with Crippen molar-refractivity contribution in [2.45, 2.75) is 33.0 Å². The van der Waals surface area contributed by atoms with Gasteiger partial charge < -0.3 is 20.1 Å². The van der Waals surface area contributed by atoms with Crippen LogP contribution in [0.4, 0.5) is 22.0 Å². The summed E-state index contributed by atoms with van der Waals surface area (Å²) < 4.78 is 75.2. The summed E-state index contributed by atoms with van der Waals surface area (Å²) in [5.41, 5.74) is -2.66. The van der Waals surface area contributed by atoms with E-state index in [9.17, 15) is 36.6 Å². The molecule has 0 aliphatic rings. The molecule has 3 heterocycles. The van der Waals surface area contributed by atoms with Gasteiger partial charge in [-0.3, -0.25) is 14.6 Å². The van der Waals surface area contributed by atoms with Crippen LogP contribution in [0.3, 0.4) is 0 Å². The van der Waals surface area contributed by atoms with Crippen molar-refractivity contribution in [2.75, 3.05) is 0 Å². The van der Waals surface area contributed by atoms with E-state index in [1.54, 1.807) is 25.1 Å². The number of carbonyl (C=O) groups excluding carboxylic acids is 1. The first-order chi connectivity index (χ1) is 20.8. The van der Waals surface area contributed by atoms with Gasteiger partial charge in [0, 0.05) is 29.6 Å². The van der Waals surface area contributed by atoms with Gasteiger partial charge in [0.05, 0.1) is 33.8 Å². The molecule has 0 saturated heterocycles. The molecule has 3 N–H and O–H groups in total. The van der Waals surface area contributed by atoms with Crippen LogP contribution in [0.25, 0.3) is 22.2 Å². The number of alkyl halides is 3. The number of amides is 1. The maximum absolute atomic E-state index is 14.2. The maximum Gasteiger partial charge on any atom is 0.418 e. The molecule has 2 aromatic carbocycles. The standard InChI is InChI=1S/C31H23F5N4O4/c1-14-18(31(34,35)36)13-38-30(44-24-9-8-19(32)27(33)15(24)2)25(14)21-12-23(42)26-20(40-21)10-11-37-28(26)29(43)39-16(3)17-6-4-5-7-22(17)41/h4-13,16,41H,1-3H3,(H,39,43)(H,40,42)/t16-/m1/s1. The van der Waals surface area contributed by atoms with Crippen molar-refractivity contribution in [3.8, 4) is 28.6 Å². The number of benzene rings is 2. The molecular formula is C31H23F5N4O4. The molecule has 0 radical (unpaired) electrons. The van der Waals surface area contributed by atoms with Gasteiger partial charge in [0.25, 0.3) is 5.91 Å². The van der Waals surface area contributed by atoms with E-state index in [4.69, 9.17) is 4.74 Å². The van der Waals surface area contributed by atoms with Crippen LogP contribution in [0.2, 0.25) is 0 Å². The second kappa shape index (κ2) is 11.4. The SMILES string of the molecule is Cc1c(Oc2ncc(C(F)(F)F)c(C)c2-c2cc(=O)c3c(C(=O)N[C@H](C)c4ccccc4O)nccc3[nH]2)ccc(F)c1F. The number of halogens is 5. The molecule has 0 spiro atoms. The molecule has 5 aromatic rings. The lowest BCUT2D eigenvalue weighted by Crippen LogP contribution is -2.28. The Morgan fingerprint density at radius 3 is 2.48 bits per heavy atom. The van der Waals surface area contributed by atoms with Gasteiger partial charge in [0.15, 0.2) is 17.1 Å². The molecule has 3 aromatic heterocycles. The first-order valence-corrected chi connectivity index (χ1v) is 13.1. The van der Waals surface area contributed by atoms with Crippen LogP contribution in [0.15, 0.2) is 65.7 Å². The molecule has 0 unspecified atom stereocenters. The number of fused-ring (bicyclic) bond motifs is 1. The van der Waals surface area contributed by atoms with Gasteiger partial charge >= 0.3 is 6.18 Å². The Bertz CT molecular complexity index is 1990. The molecule has 0 saturated carbocycles. The van der Waals surface area contributed by atoms with E-state index in [0.29, 0.717) is 11.8 Å². The molecule has 13 heteroatoms. The summed E-state index contributed by atoms with van der Waals surface area (Å²) in [6.45, 7) is 4.00. The van der Waals surface area contributed by atoms with E-state index in [0.717, 1.165) is 25.1 Å². The number of hydrogen-bond donors (Lipinski definition) is 3. The number of rotatable bonds is 6. The Kier molecular flexibility index (Phi) is 7.81. The van der Waals surface area contributed by atoms with Crippen LogP contribution < -0.4 is 15.5 Å². The minimum Gasteiger partial charge on any atom is -0.508 e. The van der Waals surface area contributed by atoms with Crippen molar-refractivity contribution >= 4 is 16.8 Å². The Balaban J connectivity index is 1.63. The second-order valence-corrected chi connectivity index (χ2v) is 9.94. The minimum atomic E-state index is -4.82. The summed E-state index contributed by atoms with van der Waals surface area (Å²) in [5.74, 6) is -3.75. The molecule has 1 atom stereocenters. The molecule has 0 aliphatic heterocycles. The van der Waals surface area contributed by atoms with Crippen molar-refractivity contribution in [1.82, 2.24) is 20.3 Å². The Labute approximate surface area is 246 Å². The van der Waals surface area contributed by atoms with Gasteiger partial charge in [-0.25, -0.2) is 13.8 Å². The zero-order valence-corrected chi connectivity index (χ0v) is 23.3. The van der Waals surface area contributed by atoms with Crippen LogP contribution in [0.5, 0.6) is 17.4 Å². The fourth-order valence-electron chi connectivity index (χ4n) is 4.81. The van der Waals surface area contributed by atoms with Crippen LogP contribution in [-0.4, -0.2) is 26.0 Å². The van der Waals surface area contributed by atoms with E-state index >= 15 is 0 Å². The van der Waals surface area contributed by atoms with Crippen molar-refractivity contribution < 1.29 is 36.6 Å². The third-order valence-corrected chi connectivity index (χ3v) is 7.08. The molecule has 0 bridgehead atoms. The second-order valence-electron chi connectivity index (χ2n) is 9.94. The van der Waals surface area contributed by atoms with Gasteiger partial charge in [-0.1, -0.05) is 18.2 Å². The van der Waals surface area contributed by atoms with E-state index in [2.05, 4.69) is 20.3 Å². The number of hydrogen-bond acceptors (Lipinski definition) is 6. The van der Waals surface area contributed by atoms with Gasteiger partial charge in [0.2, 0.25) is 5.88 Å². The van der Waals surface area contributed by atoms with Crippen LogP contribution in [0.1, 0.15) is 45.7 Å². The average Bonchev–Trinajstić information content (AvgIpc) is 2.96. The highest BCUT2D eigenvalue weighted by molar-refractivity contribution is 6.04. The predicted molar refractivity (Wildman–Crippen MR) is 150 cm³/mol. The fourth-order valence-corrected chi connectivity index (χ4v) is 4.81. The Morgan fingerprint density at radius 2 is 1.77 bits per heavy atom. The summed E-state index contributed by atoms with van der Waals surface area (Å²) >= 11 is 0. The molecular weight excluding hydrogens is 587 g/mol. The van der Waals surface area contributed by atoms with E-state index in [1.807, 2.05) is 0 Å². The van der Waals surface area contributed by atoms with E-state index < -0.39 is 46.6 Å². The maximum atomic E-state index is 14.2. The smallest absolute Gasteiger partial charge is 0.418 e. The minimum absolute atomic E-state index is 0.0460. The van der Waals surface area contributed by atoms with Crippen molar-refractivity contribution in [3.05, 3.63) is 111 Å². The number of aromatic hydroxyl groups is 1. The number of pyridine rings is 3. The topological polar surface area (TPSA) is 117 Å². The first kappa shape index (κ1) is 30.1.